The highest BCUT2D eigenvalue weighted by atomic mass is 127. The zero-order chi connectivity index (χ0) is 19.5. The summed E-state index contributed by atoms with van der Waals surface area (Å²) in [4.78, 5) is 27.4. The molecule has 2 rings (SSSR count). The molecular formula is C19H33IN6O. The standard InChI is InChI=1S/C19H32N6O.HI/c1-14(2)25-17(26)12-24(13-19(25,3)4)18(20-5)22-11-15-8-9-16(21-10-15)23(6)7;/h8-10,14H,11-13H2,1-7H3,(H,20,22);1H. The second kappa shape index (κ2) is 9.57. The lowest BCUT2D eigenvalue weighted by molar-refractivity contribution is -0.145. The van der Waals surface area contributed by atoms with Gasteiger partial charge in [0.1, 0.15) is 5.82 Å². The van der Waals surface area contributed by atoms with Crippen LogP contribution in [-0.2, 0) is 11.3 Å². The van der Waals surface area contributed by atoms with Gasteiger partial charge < -0.3 is 20.0 Å². The smallest absolute Gasteiger partial charge is 0.242 e. The molecule has 1 amide bonds. The van der Waals surface area contributed by atoms with Crippen molar-refractivity contribution in [1.29, 1.82) is 0 Å². The van der Waals surface area contributed by atoms with E-state index in [-0.39, 0.29) is 41.5 Å². The maximum Gasteiger partial charge on any atom is 0.242 e. The SMILES string of the molecule is CN=C(NCc1ccc(N(C)C)nc1)N1CC(=O)N(C(C)C)C(C)(C)C1.I. The number of halogens is 1. The lowest BCUT2D eigenvalue weighted by atomic mass is 9.96. The molecule has 0 bridgehead atoms. The maximum absolute atomic E-state index is 12.6. The van der Waals surface area contributed by atoms with Crippen LogP contribution in [0, 0.1) is 0 Å². The van der Waals surface area contributed by atoms with E-state index in [9.17, 15) is 4.79 Å². The monoisotopic (exact) mass is 488 g/mol. The van der Waals surface area contributed by atoms with Gasteiger partial charge in [-0.3, -0.25) is 9.79 Å². The van der Waals surface area contributed by atoms with Crippen LogP contribution in [0.25, 0.3) is 0 Å². The third-order valence-electron chi connectivity index (χ3n) is 4.57. The number of guanidine groups is 1. The van der Waals surface area contributed by atoms with E-state index in [0.29, 0.717) is 13.1 Å². The summed E-state index contributed by atoms with van der Waals surface area (Å²) in [7, 11) is 5.69. The second-order valence-corrected chi connectivity index (χ2v) is 7.85. The molecule has 0 spiro atoms. The minimum Gasteiger partial charge on any atom is -0.363 e. The molecule has 152 valence electrons. The Morgan fingerprint density at radius 3 is 2.48 bits per heavy atom. The van der Waals surface area contributed by atoms with Crippen LogP contribution in [0.5, 0.6) is 0 Å². The van der Waals surface area contributed by atoms with E-state index < -0.39 is 0 Å². The zero-order valence-electron chi connectivity index (χ0n) is 17.5. The van der Waals surface area contributed by atoms with Crippen molar-refractivity contribution in [2.24, 2.45) is 4.99 Å². The number of hydrogen-bond acceptors (Lipinski definition) is 4. The molecule has 1 aliphatic rings. The van der Waals surface area contributed by atoms with Crippen molar-refractivity contribution in [2.45, 2.75) is 45.8 Å². The summed E-state index contributed by atoms with van der Waals surface area (Å²) in [6, 6.07) is 4.23. The fourth-order valence-electron chi connectivity index (χ4n) is 3.61. The van der Waals surface area contributed by atoms with Gasteiger partial charge in [-0.2, -0.15) is 0 Å². The molecule has 1 saturated heterocycles. The summed E-state index contributed by atoms with van der Waals surface area (Å²) in [5.41, 5.74) is 0.832. The first-order valence-corrected chi connectivity index (χ1v) is 9.05. The molecule has 1 aliphatic heterocycles. The number of aliphatic imine (C=N–C) groups is 1. The van der Waals surface area contributed by atoms with E-state index >= 15 is 0 Å². The van der Waals surface area contributed by atoms with Crippen molar-refractivity contribution in [1.82, 2.24) is 20.1 Å². The van der Waals surface area contributed by atoms with Gasteiger partial charge in [-0.25, -0.2) is 4.98 Å². The van der Waals surface area contributed by atoms with Crippen molar-refractivity contribution in [3.63, 3.8) is 0 Å². The number of piperazine rings is 1. The molecule has 0 saturated carbocycles. The van der Waals surface area contributed by atoms with Crippen LogP contribution in [0.1, 0.15) is 33.3 Å². The Balaban J connectivity index is 0.00000364. The van der Waals surface area contributed by atoms with E-state index in [1.165, 1.54) is 0 Å². The van der Waals surface area contributed by atoms with Crippen LogP contribution in [0.2, 0.25) is 0 Å². The van der Waals surface area contributed by atoms with Gasteiger partial charge in [0.25, 0.3) is 0 Å². The highest BCUT2D eigenvalue weighted by molar-refractivity contribution is 14.0. The van der Waals surface area contributed by atoms with Crippen LogP contribution in [0.4, 0.5) is 5.82 Å². The molecule has 0 unspecified atom stereocenters. The lowest BCUT2D eigenvalue weighted by Gasteiger charge is -2.49. The number of rotatable bonds is 4. The fraction of sp³-hybridized carbons (Fsp3) is 0.632. The summed E-state index contributed by atoms with van der Waals surface area (Å²) < 4.78 is 0. The first-order valence-electron chi connectivity index (χ1n) is 9.05. The van der Waals surface area contributed by atoms with Crippen molar-refractivity contribution in [3.8, 4) is 0 Å². The third kappa shape index (κ3) is 5.70. The van der Waals surface area contributed by atoms with Crippen molar-refractivity contribution in [2.75, 3.05) is 39.1 Å². The number of carbonyl (C=O) groups is 1. The topological polar surface area (TPSA) is 64.1 Å². The molecule has 1 fully saturated rings. The molecule has 2 heterocycles. The fourth-order valence-corrected chi connectivity index (χ4v) is 3.61. The Kier molecular flexibility index (Phi) is 8.31. The van der Waals surface area contributed by atoms with Crippen LogP contribution >= 0.6 is 24.0 Å². The number of carbonyl (C=O) groups excluding carboxylic acids is 1. The molecule has 1 N–H and O–H groups in total. The summed E-state index contributed by atoms with van der Waals surface area (Å²) in [5, 5.41) is 3.36. The van der Waals surface area contributed by atoms with Crippen molar-refractivity contribution in [3.05, 3.63) is 23.9 Å². The minimum atomic E-state index is -0.240. The third-order valence-corrected chi connectivity index (χ3v) is 4.57. The van der Waals surface area contributed by atoms with Gasteiger partial charge >= 0.3 is 0 Å². The predicted octanol–water partition coefficient (Wildman–Crippen LogP) is 2.17. The van der Waals surface area contributed by atoms with E-state index in [0.717, 1.165) is 23.9 Å². The average Bonchev–Trinajstić information content (AvgIpc) is 2.53. The van der Waals surface area contributed by atoms with Crippen LogP contribution in [0.3, 0.4) is 0 Å². The average molecular weight is 488 g/mol. The number of pyridine rings is 1. The van der Waals surface area contributed by atoms with Crippen LogP contribution in [-0.4, -0.2) is 72.5 Å². The quantitative estimate of drug-likeness (QED) is 0.400. The van der Waals surface area contributed by atoms with Gasteiger partial charge in [0.15, 0.2) is 5.96 Å². The second-order valence-electron chi connectivity index (χ2n) is 7.85. The molecule has 0 aliphatic carbocycles. The van der Waals surface area contributed by atoms with Gasteiger partial charge in [0, 0.05) is 46.5 Å². The molecule has 8 heteroatoms. The zero-order valence-corrected chi connectivity index (χ0v) is 19.8. The van der Waals surface area contributed by atoms with E-state index in [1.807, 2.05) is 41.1 Å². The van der Waals surface area contributed by atoms with Gasteiger partial charge in [-0.05, 0) is 39.3 Å². The molecule has 1 aromatic rings. The summed E-state index contributed by atoms with van der Waals surface area (Å²) >= 11 is 0. The number of nitrogens with zero attached hydrogens (tertiary/aromatic N) is 5. The number of aromatic nitrogens is 1. The Bertz CT molecular complexity index is 657. The molecule has 7 nitrogen and oxygen atoms in total. The number of amides is 1. The number of hydrogen-bond donors (Lipinski definition) is 1. The minimum absolute atomic E-state index is 0. The Morgan fingerprint density at radius 2 is 2.04 bits per heavy atom. The first kappa shape index (κ1) is 23.5. The molecule has 0 atom stereocenters. The molecule has 0 aromatic carbocycles. The predicted molar refractivity (Wildman–Crippen MR) is 122 cm³/mol. The summed E-state index contributed by atoms with van der Waals surface area (Å²) in [5.74, 6) is 1.80. The first-order chi connectivity index (χ1) is 12.2. The maximum atomic E-state index is 12.6. The number of nitrogens with one attached hydrogen (secondary N) is 1. The van der Waals surface area contributed by atoms with Gasteiger partial charge in [0.2, 0.25) is 5.91 Å². The van der Waals surface area contributed by atoms with Gasteiger partial charge in [-0.15, -0.1) is 24.0 Å². The Labute approximate surface area is 180 Å². The number of anilines is 1. The molecule has 0 radical (unpaired) electrons. The van der Waals surface area contributed by atoms with E-state index in [1.54, 1.807) is 7.05 Å². The van der Waals surface area contributed by atoms with E-state index in [4.69, 9.17) is 0 Å². The van der Waals surface area contributed by atoms with Gasteiger partial charge in [-0.1, -0.05) is 6.07 Å². The van der Waals surface area contributed by atoms with Crippen molar-refractivity contribution < 1.29 is 4.79 Å². The molecular weight excluding hydrogens is 455 g/mol. The highest BCUT2D eigenvalue weighted by Gasteiger charge is 2.40. The highest BCUT2D eigenvalue weighted by Crippen LogP contribution is 2.24. The molecule has 1 aromatic heterocycles. The normalized spacial score (nSPS) is 17.0. The summed E-state index contributed by atoms with van der Waals surface area (Å²) in [6.45, 7) is 10.0. The Hall–Kier alpha value is -1.58. The van der Waals surface area contributed by atoms with Crippen molar-refractivity contribution >= 4 is 41.7 Å². The largest absolute Gasteiger partial charge is 0.363 e. The van der Waals surface area contributed by atoms with Gasteiger partial charge in [0.05, 0.1) is 12.1 Å². The van der Waals surface area contributed by atoms with Crippen LogP contribution in [0.15, 0.2) is 23.3 Å². The lowest BCUT2D eigenvalue weighted by Crippen LogP contribution is -2.66. The van der Waals surface area contributed by atoms with E-state index in [2.05, 4.69) is 49.1 Å². The molecule has 27 heavy (non-hydrogen) atoms. The van der Waals surface area contributed by atoms with Crippen LogP contribution < -0.4 is 10.2 Å². The summed E-state index contributed by atoms with van der Waals surface area (Å²) in [6.07, 6.45) is 1.86. The Morgan fingerprint density at radius 1 is 1.37 bits per heavy atom.